The minimum Gasteiger partial charge on any atom is -0.458 e. The first-order chi connectivity index (χ1) is 13.9. The van der Waals surface area contributed by atoms with E-state index in [1.807, 2.05) is 30.3 Å². The fourth-order valence-electron chi connectivity index (χ4n) is 3.57. The highest BCUT2D eigenvalue weighted by atomic mass is 32.1. The average Bonchev–Trinajstić information content (AvgIpc) is 3.44. The van der Waals surface area contributed by atoms with Crippen molar-refractivity contribution in [3.05, 3.63) is 69.9 Å². The Labute approximate surface area is 166 Å². The summed E-state index contributed by atoms with van der Waals surface area (Å²) in [7, 11) is 0. The number of hydrogen-bond donors (Lipinski definition) is 1. The summed E-state index contributed by atoms with van der Waals surface area (Å²) in [6.07, 6.45) is -1.55. The van der Waals surface area contributed by atoms with Crippen molar-refractivity contribution in [2.45, 2.75) is 18.6 Å². The molecular formula is C19H13F3N4O2S. The van der Waals surface area contributed by atoms with Crippen LogP contribution in [0.25, 0.3) is 11.0 Å². The van der Waals surface area contributed by atoms with Gasteiger partial charge in [-0.2, -0.15) is 13.2 Å². The normalized spacial score (nSPS) is 16.9. The number of para-hydroxylation sites is 1. The van der Waals surface area contributed by atoms with Gasteiger partial charge in [-0.25, -0.2) is 9.97 Å². The zero-order chi connectivity index (χ0) is 20.2. The van der Waals surface area contributed by atoms with Crippen molar-refractivity contribution in [1.29, 1.82) is 0 Å². The van der Waals surface area contributed by atoms with Gasteiger partial charge in [-0.3, -0.25) is 4.79 Å². The van der Waals surface area contributed by atoms with E-state index in [4.69, 9.17) is 4.42 Å². The van der Waals surface area contributed by atoms with Gasteiger partial charge in [0.2, 0.25) is 0 Å². The van der Waals surface area contributed by atoms with Gasteiger partial charge in [0, 0.05) is 24.0 Å². The number of aromatic nitrogens is 3. The molecule has 1 aliphatic heterocycles. The van der Waals surface area contributed by atoms with Crippen molar-refractivity contribution in [2.24, 2.45) is 0 Å². The number of halogens is 3. The summed E-state index contributed by atoms with van der Waals surface area (Å²) < 4.78 is 44.7. The Bertz CT molecular complexity index is 1180. The highest BCUT2D eigenvalue weighted by Crippen LogP contribution is 2.38. The van der Waals surface area contributed by atoms with Crippen molar-refractivity contribution in [3.63, 3.8) is 0 Å². The van der Waals surface area contributed by atoms with Crippen LogP contribution in [0, 0.1) is 0 Å². The maximum Gasteiger partial charge on any atom is 0.443 e. The molecule has 0 radical (unpaired) electrons. The molecule has 1 amide bonds. The SMILES string of the molecule is O=C(c1cnc(C(F)(F)F)s1)N1CCc2[nH]cnc2[C@H]1c1cc2ccccc2o1. The first-order valence-corrected chi connectivity index (χ1v) is 9.58. The second-order valence-electron chi connectivity index (χ2n) is 6.63. The second kappa shape index (κ2) is 6.45. The Morgan fingerprint density at radius 1 is 1.28 bits per heavy atom. The summed E-state index contributed by atoms with van der Waals surface area (Å²) in [6, 6.07) is 8.62. The predicted octanol–water partition coefficient (Wildman–Crippen LogP) is 4.42. The zero-order valence-corrected chi connectivity index (χ0v) is 15.5. The third kappa shape index (κ3) is 3.00. The molecule has 29 heavy (non-hydrogen) atoms. The Morgan fingerprint density at radius 3 is 2.86 bits per heavy atom. The average molecular weight is 418 g/mol. The van der Waals surface area contributed by atoms with E-state index < -0.39 is 23.1 Å². The number of furan rings is 1. The van der Waals surface area contributed by atoms with Crippen LogP contribution in [-0.2, 0) is 12.6 Å². The fourth-order valence-corrected chi connectivity index (χ4v) is 4.31. The number of amides is 1. The molecule has 0 bridgehead atoms. The van der Waals surface area contributed by atoms with Crippen LogP contribution in [0.4, 0.5) is 13.2 Å². The van der Waals surface area contributed by atoms with E-state index in [1.165, 1.54) is 4.90 Å². The lowest BCUT2D eigenvalue weighted by molar-refractivity contribution is -0.137. The van der Waals surface area contributed by atoms with E-state index in [9.17, 15) is 18.0 Å². The van der Waals surface area contributed by atoms with Crippen molar-refractivity contribution in [3.8, 4) is 0 Å². The number of carbonyl (C=O) groups is 1. The van der Waals surface area contributed by atoms with Crippen LogP contribution in [0.1, 0.15) is 37.9 Å². The Morgan fingerprint density at radius 2 is 2.10 bits per heavy atom. The molecule has 3 aromatic heterocycles. The fraction of sp³-hybridized carbons (Fsp3) is 0.211. The maximum atomic E-state index is 13.1. The Kier molecular flexibility index (Phi) is 3.98. The molecule has 0 saturated heterocycles. The topological polar surface area (TPSA) is 75.0 Å². The van der Waals surface area contributed by atoms with E-state index in [0.717, 1.165) is 17.3 Å². The summed E-state index contributed by atoms with van der Waals surface area (Å²) in [5.74, 6) is -0.0229. The second-order valence-corrected chi connectivity index (χ2v) is 7.66. The lowest BCUT2D eigenvalue weighted by Crippen LogP contribution is -2.40. The van der Waals surface area contributed by atoms with E-state index in [0.29, 0.717) is 41.3 Å². The van der Waals surface area contributed by atoms with Crippen LogP contribution < -0.4 is 0 Å². The predicted molar refractivity (Wildman–Crippen MR) is 98.5 cm³/mol. The summed E-state index contributed by atoms with van der Waals surface area (Å²) in [5, 5.41) is -0.173. The highest BCUT2D eigenvalue weighted by Gasteiger charge is 2.39. The van der Waals surface area contributed by atoms with Crippen molar-refractivity contribution >= 4 is 28.2 Å². The molecule has 0 unspecified atom stereocenters. The minimum atomic E-state index is -4.58. The van der Waals surface area contributed by atoms with Gasteiger partial charge in [0.15, 0.2) is 5.01 Å². The van der Waals surface area contributed by atoms with Gasteiger partial charge in [0.1, 0.15) is 22.3 Å². The van der Waals surface area contributed by atoms with Crippen LogP contribution in [0.2, 0.25) is 0 Å². The lowest BCUT2D eigenvalue weighted by atomic mass is 10.00. The molecule has 0 fully saturated rings. The molecule has 4 heterocycles. The third-order valence-corrected chi connectivity index (χ3v) is 5.89. The van der Waals surface area contributed by atoms with Crippen LogP contribution in [-0.4, -0.2) is 32.3 Å². The molecular weight excluding hydrogens is 405 g/mol. The summed E-state index contributed by atoms with van der Waals surface area (Å²) in [6.45, 7) is 0.314. The molecule has 1 atom stereocenters. The molecule has 1 aliphatic rings. The molecule has 0 aliphatic carbocycles. The molecule has 1 aromatic carbocycles. The number of hydrogen-bond acceptors (Lipinski definition) is 5. The van der Waals surface area contributed by atoms with Crippen molar-refractivity contribution < 1.29 is 22.4 Å². The maximum absolute atomic E-state index is 13.1. The van der Waals surface area contributed by atoms with Gasteiger partial charge >= 0.3 is 6.18 Å². The van der Waals surface area contributed by atoms with Crippen molar-refractivity contribution in [1.82, 2.24) is 19.9 Å². The lowest BCUT2D eigenvalue weighted by Gasteiger charge is -2.33. The molecule has 6 nitrogen and oxygen atoms in total. The molecule has 5 rings (SSSR count). The Hall–Kier alpha value is -3.14. The van der Waals surface area contributed by atoms with Crippen LogP contribution >= 0.6 is 11.3 Å². The molecule has 1 N–H and O–H groups in total. The first kappa shape index (κ1) is 17.9. The largest absolute Gasteiger partial charge is 0.458 e. The number of nitrogens with one attached hydrogen (secondary N) is 1. The van der Waals surface area contributed by atoms with Crippen molar-refractivity contribution in [2.75, 3.05) is 6.54 Å². The number of rotatable bonds is 2. The molecule has 0 spiro atoms. The summed E-state index contributed by atoms with van der Waals surface area (Å²) >= 11 is 0.341. The van der Waals surface area contributed by atoms with Gasteiger partial charge in [-0.1, -0.05) is 18.2 Å². The van der Waals surface area contributed by atoms with E-state index in [2.05, 4.69) is 15.0 Å². The summed E-state index contributed by atoms with van der Waals surface area (Å²) in [5.41, 5.74) is 2.17. The standard InChI is InChI=1S/C19H13F3N4O2S/c20-19(21,22)18-23-8-14(29-18)17(27)26-6-5-11-15(25-9-24-11)16(26)13-7-10-3-1-2-4-12(10)28-13/h1-4,7-9,16H,5-6H2,(H,24,25)/t16-/m1/s1. The van der Waals surface area contributed by atoms with E-state index in [1.54, 1.807) is 6.33 Å². The number of H-pyrrole nitrogens is 1. The minimum absolute atomic E-state index is 0.0718. The number of carbonyl (C=O) groups excluding carboxylic acids is 1. The number of alkyl halides is 3. The number of nitrogens with zero attached hydrogens (tertiary/aromatic N) is 3. The number of aromatic amines is 1. The van der Waals surface area contributed by atoms with Gasteiger partial charge in [0.05, 0.1) is 18.2 Å². The summed E-state index contributed by atoms with van der Waals surface area (Å²) in [4.78, 5) is 25.3. The smallest absolute Gasteiger partial charge is 0.443 e. The quantitative estimate of drug-likeness (QED) is 0.523. The Balaban J connectivity index is 1.57. The van der Waals surface area contributed by atoms with Gasteiger partial charge in [-0.15, -0.1) is 11.3 Å². The molecule has 10 heteroatoms. The molecule has 148 valence electrons. The van der Waals surface area contributed by atoms with Gasteiger partial charge in [0.25, 0.3) is 5.91 Å². The number of benzene rings is 1. The zero-order valence-electron chi connectivity index (χ0n) is 14.7. The van der Waals surface area contributed by atoms with Crippen LogP contribution in [0.15, 0.2) is 47.3 Å². The van der Waals surface area contributed by atoms with E-state index >= 15 is 0 Å². The molecule has 0 saturated carbocycles. The number of imidazole rings is 1. The first-order valence-electron chi connectivity index (χ1n) is 8.76. The number of thiazole rings is 1. The van der Waals surface area contributed by atoms with Crippen LogP contribution in [0.5, 0.6) is 0 Å². The monoisotopic (exact) mass is 418 g/mol. The van der Waals surface area contributed by atoms with Gasteiger partial charge < -0.3 is 14.3 Å². The highest BCUT2D eigenvalue weighted by molar-refractivity contribution is 7.13. The van der Waals surface area contributed by atoms with Crippen LogP contribution in [0.3, 0.4) is 0 Å². The van der Waals surface area contributed by atoms with Gasteiger partial charge in [-0.05, 0) is 12.1 Å². The number of fused-ring (bicyclic) bond motifs is 2. The third-order valence-electron chi connectivity index (χ3n) is 4.86. The van der Waals surface area contributed by atoms with E-state index in [-0.39, 0.29) is 4.88 Å². The molecule has 4 aromatic rings.